The van der Waals surface area contributed by atoms with Crippen molar-refractivity contribution in [3.8, 4) is 0 Å². The Hall–Kier alpha value is -1.30. The SMILES string of the molecule is CSc1ccccc1CN1CCCn2nc([C@@H](O)C3CCC3)cc2C1. The number of fused-ring (bicyclic) bond motifs is 1. The van der Waals surface area contributed by atoms with Crippen molar-refractivity contribution in [1.29, 1.82) is 0 Å². The van der Waals surface area contributed by atoms with E-state index in [-0.39, 0.29) is 6.10 Å². The minimum atomic E-state index is -0.376. The Morgan fingerprint density at radius 1 is 1.24 bits per heavy atom. The number of aliphatic hydroxyl groups excluding tert-OH is 1. The largest absolute Gasteiger partial charge is 0.386 e. The predicted octanol–water partition coefficient (Wildman–Crippen LogP) is 3.84. The second kappa shape index (κ2) is 7.52. The summed E-state index contributed by atoms with van der Waals surface area (Å²) in [6.07, 6.45) is 6.40. The fourth-order valence-electron chi connectivity index (χ4n) is 3.90. The highest BCUT2D eigenvalue weighted by Gasteiger charge is 2.29. The van der Waals surface area contributed by atoms with Gasteiger partial charge in [0.2, 0.25) is 0 Å². The molecule has 1 saturated carbocycles. The molecule has 1 aromatic heterocycles. The minimum absolute atomic E-state index is 0.376. The summed E-state index contributed by atoms with van der Waals surface area (Å²) in [6, 6.07) is 10.8. The third-order valence-corrected chi connectivity index (χ3v) is 6.44. The molecule has 0 radical (unpaired) electrons. The molecule has 25 heavy (non-hydrogen) atoms. The molecule has 5 heteroatoms. The van der Waals surface area contributed by atoms with Gasteiger partial charge in [-0.1, -0.05) is 24.6 Å². The van der Waals surface area contributed by atoms with E-state index in [1.54, 1.807) is 0 Å². The number of benzene rings is 1. The second-order valence-corrected chi connectivity index (χ2v) is 8.14. The first-order valence-electron chi connectivity index (χ1n) is 9.33. The van der Waals surface area contributed by atoms with Crippen LogP contribution in [0.2, 0.25) is 0 Å². The molecule has 1 aliphatic carbocycles. The van der Waals surface area contributed by atoms with E-state index in [0.717, 1.165) is 51.1 Å². The number of aryl methyl sites for hydroxylation is 1. The van der Waals surface area contributed by atoms with Crippen molar-refractivity contribution in [3.05, 3.63) is 47.3 Å². The molecule has 1 fully saturated rings. The zero-order chi connectivity index (χ0) is 17.2. The lowest BCUT2D eigenvalue weighted by Crippen LogP contribution is -2.23. The second-order valence-electron chi connectivity index (χ2n) is 7.30. The van der Waals surface area contributed by atoms with Crippen molar-refractivity contribution in [1.82, 2.24) is 14.7 Å². The summed E-state index contributed by atoms with van der Waals surface area (Å²) in [5.41, 5.74) is 3.52. The van der Waals surface area contributed by atoms with Gasteiger partial charge in [-0.15, -0.1) is 11.8 Å². The van der Waals surface area contributed by atoms with Gasteiger partial charge in [0.05, 0.1) is 11.4 Å². The molecule has 4 nitrogen and oxygen atoms in total. The molecule has 0 unspecified atom stereocenters. The van der Waals surface area contributed by atoms with Gasteiger partial charge >= 0.3 is 0 Å². The van der Waals surface area contributed by atoms with E-state index in [4.69, 9.17) is 5.10 Å². The average Bonchev–Trinajstić information content (AvgIpc) is 2.87. The van der Waals surface area contributed by atoms with Crippen LogP contribution in [0, 0.1) is 5.92 Å². The van der Waals surface area contributed by atoms with Crippen LogP contribution in [-0.4, -0.2) is 32.6 Å². The van der Waals surface area contributed by atoms with Gasteiger partial charge in [-0.05, 0) is 49.1 Å². The Labute approximate surface area is 154 Å². The van der Waals surface area contributed by atoms with Crippen LogP contribution in [0.25, 0.3) is 0 Å². The smallest absolute Gasteiger partial charge is 0.101 e. The number of nitrogens with zero attached hydrogens (tertiary/aromatic N) is 3. The van der Waals surface area contributed by atoms with Gasteiger partial charge < -0.3 is 5.11 Å². The van der Waals surface area contributed by atoms with Crippen molar-refractivity contribution in [2.75, 3.05) is 12.8 Å². The van der Waals surface area contributed by atoms with Crippen molar-refractivity contribution in [2.24, 2.45) is 5.92 Å². The normalized spacial score (nSPS) is 19.9. The maximum atomic E-state index is 10.5. The average molecular weight is 358 g/mol. The van der Waals surface area contributed by atoms with E-state index >= 15 is 0 Å². The standard InChI is InChI=1S/C20H27N3OS/c1-25-19-9-3-2-6-16(19)13-22-10-5-11-23-17(14-22)12-18(21-23)20(24)15-7-4-8-15/h2-3,6,9,12,15,20,24H,4-5,7-8,10-11,13-14H2,1H3/t20-/m0/s1. The van der Waals surface area contributed by atoms with Crippen LogP contribution in [-0.2, 0) is 19.6 Å². The van der Waals surface area contributed by atoms with Crippen LogP contribution < -0.4 is 0 Å². The maximum Gasteiger partial charge on any atom is 0.101 e. The van der Waals surface area contributed by atoms with Crippen molar-refractivity contribution in [2.45, 2.75) is 56.3 Å². The van der Waals surface area contributed by atoms with Crippen LogP contribution in [0.5, 0.6) is 0 Å². The van der Waals surface area contributed by atoms with Gasteiger partial charge in [0.25, 0.3) is 0 Å². The highest BCUT2D eigenvalue weighted by Crippen LogP contribution is 2.37. The van der Waals surface area contributed by atoms with E-state index in [0.29, 0.717) is 5.92 Å². The number of thioether (sulfide) groups is 1. The lowest BCUT2D eigenvalue weighted by Gasteiger charge is -2.29. The number of aromatic nitrogens is 2. The fourth-order valence-corrected chi connectivity index (χ4v) is 4.51. The molecular weight excluding hydrogens is 330 g/mol. The van der Waals surface area contributed by atoms with Crippen LogP contribution >= 0.6 is 11.8 Å². The Kier molecular flexibility index (Phi) is 5.15. The summed E-state index contributed by atoms with van der Waals surface area (Å²) in [4.78, 5) is 3.87. The quantitative estimate of drug-likeness (QED) is 0.826. The van der Waals surface area contributed by atoms with E-state index < -0.39 is 0 Å². The summed E-state index contributed by atoms with van der Waals surface area (Å²) in [5.74, 6) is 0.420. The van der Waals surface area contributed by atoms with E-state index in [2.05, 4.69) is 46.2 Å². The monoisotopic (exact) mass is 357 g/mol. The number of hydrogen-bond donors (Lipinski definition) is 1. The summed E-state index contributed by atoms with van der Waals surface area (Å²) in [7, 11) is 0. The molecule has 134 valence electrons. The lowest BCUT2D eigenvalue weighted by molar-refractivity contribution is 0.0581. The highest BCUT2D eigenvalue weighted by atomic mass is 32.2. The first-order valence-corrected chi connectivity index (χ1v) is 10.6. The summed E-state index contributed by atoms with van der Waals surface area (Å²) < 4.78 is 2.12. The molecule has 0 saturated heterocycles. The Balaban J connectivity index is 1.49. The minimum Gasteiger partial charge on any atom is -0.386 e. The van der Waals surface area contributed by atoms with Gasteiger partial charge in [0, 0.05) is 31.1 Å². The fraction of sp³-hybridized carbons (Fsp3) is 0.550. The maximum absolute atomic E-state index is 10.5. The first-order chi connectivity index (χ1) is 12.2. The van der Waals surface area contributed by atoms with Crippen LogP contribution in [0.15, 0.2) is 35.2 Å². The summed E-state index contributed by atoms with van der Waals surface area (Å²) >= 11 is 1.82. The molecule has 1 aliphatic heterocycles. The molecular formula is C20H27N3OS. The van der Waals surface area contributed by atoms with Crippen molar-refractivity contribution in [3.63, 3.8) is 0 Å². The van der Waals surface area contributed by atoms with Crippen LogP contribution in [0.4, 0.5) is 0 Å². The van der Waals surface area contributed by atoms with Crippen molar-refractivity contribution < 1.29 is 5.11 Å². The van der Waals surface area contributed by atoms with Crippen molar-refractivity contribution >= 4 is 11.8 Å². The van der Waals surface area contributed by atoms with Gasteiger partial charge in [-0.3, -0.25) is 9.58 Å². The molecule has 1 atom stereocenters. The third-order valence-electron chi connectivity index (χ3n) is 5.60. The van der Waals surface area contributed by atoms with E-state index in [1.807, 2.05) is 11.8 Å². The molecule has 1 N–H and O–H groups in total. The highest BCUT2D eigenvalue weighted by molar-refractivity contribution is 7.98. The zero-order valence-electron chi connectivity index (χ0n) is 14.9. The van der Waals surface area contributed by atoms with Gasteiger partial charge in [0.15, 0.2) is 0 Å². The molecule has 2 heterocycles. The molecule has 2 aromatic rings. The summed E-state index contributed by atoms with van der Waals surface area (Å²) in [6.45, 7) is 3.93. The van der Waals surface area contributed by atoms with E-state index in [1.165, 1.54) is 22.6 Å². The van der Waals surface area contributed by atoms with Crippen LogP contribution in [0.3, 0.4) is 0 Å². The molecule has 2 aliphatic rings. The van der Waals surface area contributed by atoms with Crippen LogP contribution in [0.1, 0.15) is 48.7 Å². The third kappa shape index (κ3) is 3.64. The van der Waals surface area contributed by atoms with E-state index in [9.17, 15) is 5.11 Å². The zero-order valence-corrected chi connectivity index (χ0v) is 15.7. The van der Waals surface area contributed by atoms with Gasteiger partial charge in [-0.2, -0.15) is 5.10 Å². The van der Waals surface area contributed by atoms with Gasteiger partial charge in [-0.25, -0.2) is 0 Å². The Morgan fingerprint density at radius 3 is 2.84 bits per heavy atom. The molecule has 1 aromatic carbocycles. The molecule has 0 spiro atoms. The Bertz CT molecular complexity index is 725. The Morgan fingerprint density at radius 2 is 2.08 bits per heavy atom. The topological polar surface area (TPSA) is 41.3 Å². The lowest BCUT2D eigenvalue weighted by atomic mass is 9.80. The molecule has 0 bridgehead atoms. The first kappa shape index (κ1) is 17.1. The number of rotatable bonds is 5. The molecule has 0 amide bonds. The number of hydrogen-bond acceptors (Lipinski definition) is 4. The predicted molar refractivity (Wildman–Crippen MR) is 101 cm³/mol. The van der Waals surface area contributed by atoms with Gasteiger partial charge in [0.1, 0.15) is 6.10 Å². The molecule has 4 rings (SSSR count). The summed E-state index contributed by atoms with van der Waals surface area (Å²) in [5, 5.41) is 15.3. The number of aliphatic hydroxyl groups is 1.